The molecule has 0 heterocycles. The van der Waals surface area contributed by atoms with Crippen LogP contribution in [0, 0.1) is 10.5 Å². The van der Waals surface area contributed by atoms with Crippen LogP contribution >= 0.6 is 22.6 Å². The SMILES string of the molecule is Cc1cc(Oc2cccc(C(=O)N(C)C)c2)ccc1I. The molecule has 0 saturated heterocycles. The maximum absolute atomic E-state index is 11.9. The molecule has 104 valence electrons. The Morgan fingerprint density at radius 2 is 1.80 bits per heavy atom. The lowest BCUT2D eigenvalue weighted by Crippen LogP contribution is -2.21. The number of rotatable bonds is 3. The van der Waals surface area contributed by atoms with E-state index < -0.39 is 0 Å². The fourth-order valence-electron chi connectivity index (χ4n) is 1.77. The third-order valence-corrected chi connectivity index (χ3v) is 4.06. The second-order valence-corrected chi connectivity index (χ2v) is 5.90. The monoisotopic (exact) mass is 381 g/mol. The average molecular weight is 381 g/mol. The molecule has 0 spiro atoms. The summed E-state index contributed by atoms with van der Waals surface area (Å²) in [5, 5.41) is 0. The largest absolute Gasteiger partial charge is 0.457 e. The highest BCUT2D eigenvalue weighted by Crippen LogP contribution is 2.25. The quantitative estimate of drug-likeness (QED) is 0.750. The Labute approximate surface area is 132 Å². The average Bonchev–Trinajstić information content (AvgIpc) is 2.42. The molecule has 0 saturated carbocycles. The summed E-state index contributed by atoms with van der Waals surface area (Å²) < 4.78 is 7.01. The Bertz CT molecular complexity index is 638. The van der Waals surface area contributed by atoms with Crippen LogP contribution in [0.1, 0.15) is 15.9 Å². The maximum atomic E-state index is 11.9. The van der Waals surface area contributed by atoms with Crippen LogP contribution in [0.4, 0.5) is 0 Å². The lowest BCUT2D eigenvalue weighted by Gasteiger charge is -2.12. The van der Waals surface area contributed by atoms with Crippen LogP contribution in [-0.4, -0.2) is 24.9 Å². The van der Waals surface area contributed by atoms with Crippen molar-refractivity contribution in [2.75, 3.05) is 14.1 Å². The normalized spacial score (nSPS) is 10.2. The number of hydrogen-bond acceptors (Lipinski definition) is 2. The van der Waals surface area contributed by atoms with Gasteiger partial charge in [0.15, 0.2) is 0 Å². The van der Waals surface area contributed by atoms with Crippen molar-refractivity contribution in [3.05, 3.63) is 57.2 Å². The van der Waals surface area contributed by atoms with E-state index in [2.05, 4.69) is 22.6 Å². The molecule has 0 bridgehead atoms. The van der Waals surface area contributed by atoms with Crippen molar-refractivity contribution < 1.29 is 9.53 Å². The van der Waals surface area contributed by atoms with Crippen molar-refractivity contribution in [1.82, 2.24) is 4.90 Å². The van der Waals surface area contributed by atoms with Gasteiger partial charge in [0.1, 0.15) is 11.5 Å². The smallest absolute Gasteiger partial charge is 0.253 e. The van der Waals surface area contributed by atoms with Crippen LogP contribution in [0.5, 0.6) is 11.5 Å². The van der Waals surface area contributed by atoms with Crippen molar-refractivity contribution in [2.45, 2.75) is 6.92 Å². The van der Waals surface area contributed by atoms with Gasteiger partial charge in [0.05, 0.1) is 0 Å². The van der Waals surface area contributed by atoms with Gasteiger partial charge < -0.3 is 9.64 Å². The van der Waals surface area contributed by atoms with Crippen molar-refractivity contribution in [2.24, 2.45) is 0 Å². The van der Waals surface area contributed by atoms with Gasteiger partial charge in [-0.25, -0.2) is 0 Å². The van der Waals surface area contributed by atoms with Crippen molar-refractivity contribution in [3.63, 3.8) is 0 Å². The first-order chi connectivity index (χ1) is 9.47. The number of aryl methyl sites for hydroxylation is 1. The minimum atomic E-state index is -0.0331. The van der Waals surface area contributed by atoms with E-state index in [-0.39, 0.29) is 5.91 Å². The van der Waals surface area contributed by atoms with Gasteiger partial charge in [0.25, 0.3) is 5.91 Å². The molecule has 1 amide bonds. The van der Waals surface area contributed by atoms with Gasteiger partial charge in [-0.2, -0.15) is 0 Å². The second-order valence-electron chi connectivity index (χ2n) is 4.74. The van der Waals surface area contributed by atoms with E-state index in [1.54, 1.807) is 31.1 Å². The molecule has 0 N–H and O–H groups in total. The molecular formula is C16H16INO2. The zero-order valence-corrected chi connectivity index (χ0v) is 13.8. The summed E-state index contributed by atoms with van der Waals surface area (Å²) in [7, 11) is 3.47. The van der Waals surface area contributed by atoms with Crippen molar-refractivity contribution in [3.8, 4) is 11.5 Å². The number of amides is 1. The number of ether oxygens (including phenoxy) is 1. The zero-order valence-electron chi connectivity index (χ0n) is 11.7. The fourth-order valence-corrected chi connectivity index (χ4v) is 2.10. The van der Waals surface area contributed by atoms with E-state index in [1.165, 1.54) is 9.13 Å². The summed E-state index contributed by atoms with van der Waals surface area (Å²) in [6.07, 6.45) is 0. The highest BCUT2D eigenvalue weighted by Gasteiger charge is 2.09. The molecule has 3 nitrogen and oxygen atoms in total. The zero-order chi connectivity index (χ0) is 14.7. The number of halogens is 1. The molecule has 2 rings (SSSR count). The van der Waals surface area contributed by atoms with E-state index in [9.17, 15) is 4.79 Å². The van der Waals surface area contributed by atoms with Gasteiger partial charge in [0, 0.05) is 23.2 Å². The topological polar surface area (TPSA) is 29.5 Å². The minimum Gasteiger partial charge on any atom is -0.457 e. The third kappa shape index (κ3) is 3.50. The molecule has 2 aromatic rings. The van der Waals surface area contributed by atoms with E-state index in [0.717, 1.165) is 5.75 Å². The van der Waals surface area contributed by atoms with Crippen molar-refractivity contribution >= 4 is 28.5 Å². The predicted molar refractivity (Wildman–Crippen MR) is 88.4 cm³/mol. The van der Waals surface area contributed by atoms with E-state index in [1.807, 2.05) is 37.3 Å². The van der Waals surface area contributed by atoms with E-state index in [4.69, 9.17) is 4.74 Å². The lowest BCUT2D eigenvalue weighted by atomic mass is 10.2. The lowest BCUT2D eigenvalue weighted by molar-refractivity contribution is 0.0827. The number of benzene rings is 2. The van der Waals surface area contributed by atoms with Crippen LogP contribution < -0.4 is 4.74 Å². The van der Waals surface area contributed by atoms with Crippen LogP contribution in [0.15, 0.2) is 42.5 Å². The van der Waals surface area contributed by atoms with E-state index >= 15 is 0 Å². The Morgan fingerprint density at radius 1 is 1.10 bits per heavy atom. The molecular weight excluding hydrogens is 365 g/mol. The Hall–Kier alpha value is -1.56. The van der Waals surface area contributed by atoms with Gasteiger partial charge in [-0.1, -0.05) is 6.07 Å². The first-order valence-electron chi connectivity index (χ1n) is 6.23. The second kappa shape index (κ2) is 6.26. The van der Waals surface area contributed by atoms with Crippen LogP contribution in [-0.2, 0) is 0 Å². The van der Waals surface area contributed by atoms with Crippen molar-refractivity contribution in [1.29, 1.82) is 0 Å². The van der Waals surface area contributed by atoms with Crippen LogP contribution in [0.25, 0.3) is 0 Å². The molecule has 20 heavy (non-hydrogen) atoms. The summed E-state index contributed by atoms with van der Waals surface area (Å²) in [5.74, 6) is 1.41. The first-order valence-corrected chi connectivity index (χ1v) is 7.31. The number of carbonyl (C=O) groups is 1. The van der Waals surface area contributed by atoms with E-state index in [0.29, 0.717) is 11.3 Å². The molecule has 0 fully saturated rings. The molecule has 0 aliphatic rings. The molecule has 0 aliphatic carbocycles. The number of carbonyl (C=O) groups excluding carboxylic acids is 1. The van der Waals surface area contributed by atoms with Gasteiger partial charge in [-0.05, 0) is 71.5 Å². The highest BCUT2D eigenvalue weighted by atomic mass is 127. The Morgan fingerprint density at radius 3 is 2.45 bits per heavy atom. The molecule has 2 aromatic carbocycles. The molecule has 0 atom stereocenters. The Kier molecular flexibility index (Phi) is 4.65. The summed E-state index contributed by atoms with van der Waals surface area (Å²) in [4.78, 5) is 13.5. The fraction of sp³-hybridized carbons (Fsp3) is 0.188. The highest BCUT2D eigenvalue weighted by molar-refractivity contribution is 14.1. The third-order valence-electron chi connectivity index (χ3n) is 2.85. The van der Waals surface area contributed by atoms with Gasteiger partial charge in [-0.3, -0.25) is 4.79 Å². The predicted octanol–water partition coefficient (Wildman–Crippen LogP) is 4.09. The first kappa shape index (κ1) is 14.8. The molecule has 0 aromatic heterocycles. The molecule has 4 heteroatoms. The summed E-state index contributed by atoms with van der Waals surface area (Å²) in [6.45, 7) is 2.04. The van der Waals surface area contributed by atoms with Gasteiger partial charge in [0.2, 0.25) is 0 Å². The standard InChI is InChI=1S/C16H16INO2/c1-11-9-14(7-8-15(11)17)20-13-6-4-5-12(10-13)16(19)18(2)3/h4-10H,1-3H3. The molecule has 0 unspecified atom stereocenters. The van der Waals surface area contributed by atoms with Crippen LogP contribution in [0.3, 0.4) is 0 Å². The number of hydrogen-bond donors (Lipinski definition) is 0. The van der Waals surface area contributed by atoms with Gasteiger partial charge in [-0.15, -0.1) is 0 Å². The molecule has 0 radical (unpaired) electrons. The minimum absolute atomic E-state index is 0.0331. The summed E-state index contributed by atoms with van der Waals surface area (Å²) >= 11 is 2.29. The Balaban J connectivity index is 2.23. The summed E-state index contributed by atoms with van der Waals surface area (Å²) in [6, 6.07) is 13.1. The van der Waals surface area contributed by atoms with Gasteiger partial charge >= 0.3 is 0 Å². The summed E-state index contributed by atoms with van der Waals surface area (Å²) in [5.41, 5.74) is 1.79. The maximum Gasteiger partial charge on any atom is 0.253 e. The number of nitrogens with zero attached hydrogens (tertiary/aromatic N) is 1. The molecule has 0 aliphatic heterocycles. The van der Waals surface area contributed by atoms with Crippen LogP contribution in [0.2, 0.25) is 0 Å².